The van der Waals surface area contributed by atoms with E-state index in [-0.39, 0.29) is 36.4 Å². The van der Waals surface area contributed by atoms with Gasteiger partial charge in [0.05, 0.1) is 13.2 Å². The quantitative estimate of drug-likeness (QED) is 0.396. The average Bonchev–Trinajstić information content (AvgIpc) is 2.69. The van der Waals surface area contributed by atoms with Crippen molar-refractivity contribution in [2.45, 2.75) is 13.2 Å². The molecular formula is C18H24FIN6O. The number of rotatable bonds is 5. The molecule has 3 rings (SSSR count). The second-order valence-corrected chi connectivity index (χ2v) is 6.06. The maximum Gasteiger partial charge on any atom is 0.225 e. The van der Waals surface area contributed by atoms with Gasteiger partial charge in [-0.15, -0.1) is 24.0 Å². The number of halogens is 2. The number of anilines is 1. The number of aromatic nitrogens is 2. The first-order chi connectivity index (χ1) is 12.7. The van der Waals surface area contributed by atoms with E-state index < -0.39 is 0 Å². The van der Waals surface area contributed by atoms with Crippen molar-refractivity contribution < 1.29 is 9.13 Å². The van der Waals surface area contributed by atoms with Crippen LogP contribution in [0.2, 0.25) is 0 Å². The Morgan fingerprint density at radius 2 is 1.93 bits per heavy atom. The second kappa shape index (κ2) is 10.4. The van der Waals surface area contributed by atoms with Crippen LogP contribution in [-0.2, 0) is 17.9 Å². The van der Waals surface area contributed by atoms with Crippen molar-refractivity contribution in [3.05, 3.63) is 53.6 Å². The lowest BCUT2D eigenvalue weighted by molar-refractivity contribution is 0.181. The van der Waals surface area contributed by atoms with Crippen LogP contribution in [0.5, 0.6) is 0 Å². The van der Waals surface area contributed by atoms with Gasteiger partial charge in [-0.25, -0.2) is 19.4 Å². The maximum absolute atomic E-state index is 13.7. The van der Waals surface area contributed by atoms with E-state index in [1.807, 2.05) is 4.90 Å². The summed E-state index contributed by atoms with van der Waals surface area (Å²) in [6.45, 7) is 3.73. The van der Waals surface area contributed by atoms with Gasteiger partial charge in [0.2, 0.25) is 5.95 Å². The topological polar surface area (TPSA) is 79.9 Å². The molecule has 146 valence electrons. The van der Waals surface area contributed by atoms with E-state index in [2.05, 4.69) is 19.9 Å². The largest absolute Gasteiger partial charge is 0.380 e. The normalized spacial score (nSPS) is 14.8. The van der Waals surface area contributed by atoms with Gasteiger partial charge in [0, 0.05) is 51.2 Å². The highest BCUT2D eigenvalue weighted by atomic mass is 127. The van der Waals surface area contributed by atoms with Crippen LogP contribution in [0, 0.1) is 5.82 Å². The Hall–Kier alpha value is -2.01. The van der Waals surface area contributed by atoms with E-state index in [0.717, 1.165) is 37.7 Å². The molecule has 0 saturated carbocycles. The lowest BCUT2D eigenvalue weighted by Gasteiger charge is -2.35. The number of nitrogens with two attached hydrogens (primary N) is 1. The van der Waals surface area contributed by atoms with Gasteiger partial charge in [-0.2, -0.15) is 0 Å². The van der Waals surface area contributed by atoms with Crippen molar-refractivity contribution in [1.29, 1.82) is 0 Å². The number of hydrogen-bond donors (Lipinski definition) is 1. The van der Waals surface area contributed by atoms with Crippen molar-refractivity contribution in [3.63, 3.8) is 0 Å². The number of benzene rings is 1. The van der Waals surface area contributed by atoms with Gasteiger partial charge in [0.15, 0.2) is 5.96 Å². The summed E-state index contributed by atoms with van der Waals surface area (Å²) >= 11 is 0. The van der Waals surface area contributed by atoms with E-state index in [9.17, 15) is 4.39 Å². The third-order valence-corrected chi connectivity index (χ3v) is 4.27. The number of guanidine groups is 1. The predicted octanol–water partition coefficient (Wildman–Crippen LogP) is 2.02. The molecule has 1 saturated heterocycles. The summed E-state index contributed by atoms with van der Waals surface area (Å²) in [5.41, 5.74) is 7.56. The Bertz CT molecular complexity index is 753. The average molecular weight is 486 g/mol. The van der Waals surface area contributed by atoms with E-state index in [0.29, 0.717) is 18.1 Å². The SMILES string of the molecule is COCc1cc(CN=C(N)N2CCN(c3ncccn3)CC2)ccc1F.I. The monoisotopic (exact) mass is 486 g/mol. The summed E-state index contributed by atoms with van der Waals surface area (Å²) in [6.07, 6.45) is 3.48. The summed E-state index contributed by atoms with van der Waals surface area (Å²) in [6, 6.07) is 6.72. The number of methoxy groups -OCH3 is 1. The molecule has 0 atom stereocenters. The number of hydrogen-bond acceptors (Lipinski definition) is 5. The van der Waals surface area contributed by atoms with Crippen LogP contribution >= 0.6 is 24.0 Å². The first-order valence-electron chi connectivity index (χ1n) is 8.50. The molecule has 2 heterocycles. The van der Waals surface area contributed by atoms with Crippen LogP contribution in [0.25, 0.3) is 0 Å². The minimum absolute atomic E-state index is 0. The first-order valence-corrected chi connectivity index (χ1v) is 8.50. The van der Waals surface area contributed by atoms with Gasteiger partial charge in [0.25, 0.3) is 0 Å². The van der Waals surface area contributed by atoms with Gasteiger partial charge in [-0.1, -0.05) is 6.07 Å². The Morgan fingerprint density at radius 3 is 2.59 bits per heavy atom. The van der Waals surface area contributed by atoms with Gasteiger partial charge in [-0.3, -0.25) is 0 Å². The molecule has 1 aromatic heterocycles. The van der Waals surface area contributed by atoms with Crippen molar-refractivity contribution in [3.8, 4) is 0 Å². The van der Waals surface area contributed by atoms with E-state index in [1.165, 1.54) is 6.07 Å². The lowest BCUT2D eigenvalue weighted by atomic mass is 10.1. The maximum atomic E-state index is 13.7. The zero-order chi connectivity index (χ0) is 18.4. The molecule has 27 heavy (non-hydrogen) atoms. The number of aliphatic imine (C=N–C) groups is 1. The van der Waals surface area contributed by atoms with E-state index >= 15 is 0 Å². The summed E-state index contributed by atoms with van der Waals surface area (Å²) in [7, 11) is 1.54. The molecule has 7 nitrogen and oxygen atoms in total. The highest BCUT2D eigenvalue weighted by Crippen LogP contribution is 2.13. The molecule has 1 aromatic carbocycles. The molecule has 1 aliphatic rings. The summed E-state index contributed by atoms with van der Waals surface area (Å²) in [5, 5.41) is 0. The number of ether oxygens (including phenoxy) is 1. The molecule has 9 heteroatoms. The zero-order valence-corrected chi connectivity index (χ0v) is 17.5. The van der Waals surface area contributed by atoms with Crippen molar-refractivity contribution in [2.75, 3.05) is 38.2 Å². The van der Waals surface area contributed by atoms with Crippen molar-refractivity contribution in [2.24, 2.45) is 10.7 Å². The lowest BCUT2D eigenvalue weighted by Crippen LogP contribution is -2.51. The van der Waals surface area contributed by atoms with Gasteiger partial charge in [-0.05, 0) is 23.8 Å². The molecular weight excluding hydrogens is 462 g/mol. The number of nitrogens with zero attached hydrogens (tertiary/aromatic N) is 5. The van der Waals surface area contributed by atoms with Gasteiger partial charge in [0.1, 0.15) is 5.82 Å². The molecule has 2 aromatic rings. The fourth-order valence-corrected chi connectivity index (χ4v) is 2.85. The Balaban J connectivity index is 0.00000261. The fraction of sp³-hybridized carbons (Fsp3) is 0.389. The second-order valence-electron chi connectivity index (χ2n) is 6.06. The molecule has 0 bridgehead atoms. The third kappa shape index (κ3) is 5.73. The smallest absolute Gasteiger partial charge is 0.225 e. The summed E-state index contributed by atoms with van der Waals surface area (Å²) in [5.74, 6) is 0.961. The van der Waals surface area contributed by atoms with E-state index in [1.54, 1.807) is 37.7 Å². The molecule has 0 spiro atoms. The molecule has 1 fully saturated rings. The highest BCUT2D eigenvalue weighted by Gasteiger charge is 2.19. The standard InChI is InChI=1S/C18H23FN6O.HI/c1-26-13-15-11-14(3-4-16(15)19)12-23-17(20)24-7-9-25(10-8-24)18-21-5-2-6-22-18;/h2-6,11H,7-10,12-13H2,1H3,(H2,20,23);1H. The minimum Gasteiger partial charge on any atom is -0.380 e. The molecule has 0 radical (unpaired) electrons. The third-order valence-electron chi connectivity index (χ3n) is 4.27. The fourth-order valence-electron chi connectivity index (χ4n) is 2.85. The molecule has 2 N–H and O–H groups in total. The van der Waals surface area contributed by atoms with Crippen LogP contribution in [0.4, 0.5) is 10.3 Å². The zero-order valence-electron chi connectivity index (χ0n) is 15.2. The highest BCUT2D eigenvalue weighted by molar-refractivity contribution is 14.0. The Labute approximate surface area is 175 Å². The van der Waals surface area contributed by atoms with Crippen LogP contribution in [0.1, 0.15) is 11.1 Å². The number of piperazine rings is 1. The molecule has 1 aliphatic heterocycles. The summed E-state index contributed by atoms with van der Waals surface area (Å²) < 4.78 is 18.7. The van der Waals surface area contributed by atoms with Crippen molar-refractivity contribution >= 4 is 35.9 Å². The van der Waals surface area contributed by atoms with Crippen LogP contribution in [-0.4, -0.2) is 54.1 Å². The Morgan fingerprint density at radius 1 is 1.22 bits per heavy atom. The van der Waals surface area contributed by atoms with Crippen LogP contribution < -0.4 is 10.6 Å². The first kappa shape index (κ1) is 21.3. The van der Waals surface area contributed by atoms with Crippen LogP contribution in [0.15, 0.2) is 41.7 Å². The van der Waals surface area contributed by atoms with E-state index in [4.69, 9.17) is 10.5 Å². The minimum atomic E-state index is -0.271. The van der Waals surface area contributed by atoms with Crippen LogP contribution in [0.3, 0.4) is 0 Å². The van der Waals surface area contributed by atoms with Crippen molar-refractivity contribution in [1.82, 2.24) is 14.9 Å². The molecule has 0 amide bonds. The molecule has 0 unspecified atom stereocenters. The Kier molecular flexibility index (Phi) is 8.17. The summed E-state index contributed by atoms with van der Waals surface area (Å²) in [4.78, 5) is 17.2. The molecule has 0 aliphatic carbocycles. The van der Waals surface area contributed by atoms with Gasteiger partial charge < -0.3 is 20.3 Å². The van der Waals surface area contributed by atoms with Gasteiger partial charge >= 0.3 is 0 Å². The predicted molar refractivity (Wildman–Crippen MR) is 114 cm³/mol.